The van der Waals surface area contributed by atoms with Crippen LogP contribution in [-0.2, 0) is 4.74 Å². The Kier molecular flexibility index (Phi) is 5.79. The zero-order chi connectivity index (χ0) is 11.1. The number of ether oxygens (including phenoxy) is 1. The van der Waals surface area contributed by atoms with E-state index in [4.69, 9.17) is 10.5 Å². The number of nitrogens with two attached hydrogens (primary N) is 1. The molecule has 4 heteroatoms. The number of hydrogen-bond donors (Lipinski definition) is 1. The molecule has 0 bridgehead atoms. The summed E-state index contributed by atoms with van der Waals surface area (Å²) in [5.74, 6) is 0. The highest BCUT2D eigenvalue weighted by Gasteiger charge is 2.12. The van der Waals surface area contributed by atoms with E-state index in [1.54, 1.807) is 7.11 Å². The number of unbranched alkanes of at least 4 members (excludes halogenated alkanes) is 2. The van der Waals surface area contributed by atoms with Crippen molar-refractivity contribution in [2.45, 2.75) is 38.6 Å². The van der Waals surface area contributed by atoms with Crippen LogP contribution >= 0.6 is 11.8 Å². The molecule has 15 heavy (non-hydrogen) atoms. The molecule has 0 aromatic heterocycles. The summed E-state index contributed by atoms with van der Waals surface area (Å²) in [4.78, 5) is 4.34. The molecular formula is C11H20N2OS. The Morgan fingerprint density at radius 2 is 2.27 bits per heavy atom. The summed E-state index contributed by atoms with van der Waals surface area (Å²) in [6.45, 7) is 2.97. The third-order valence-corrected chi connectivity index (χ3v) is 3.27. The number of methoxy groups -OCH3 is 1. The molecule has 0 fully saturated rings. The maximum absolute atomic E-state index is 5.63. The molecule has 0 saturated heterocycles. The normalized spacial score (nSPS) is 21.1. The number of thioether (sulfide) groups is 1. The van der Waals surface area contributed by atoms with Gasteiger partial charge in [0, 0.05) is 13.7 Å². The zero-order valence-electron chi connectivity index (χ0n) is 9.53. The van der Waals surface area contributed by atoms with Crippen LogP contribution in [-0.4, -0.2) is 24.9 Å². The van der Waals surface area contributed by atoms with Gasteiger partial charge in [0.25, 0.3) is 0 Å². The predicted octanol–water partition coefficient (Wildman–Crippen LogP) is 2.53. The van der Waals surface area contributed by atoms with Gasteiger partial charge in [-0.05, 0) is 37.2 Å². The lowest BCUT2D eigenvalue weighted by atomic mass is 10.0. The molecule has 1 unspecified atom stereocenters. The third-order valence-electron chi connectivity index (χ3n) is 2.50. The van der Waals surface area contributed by atoms with Crippen molar-refractivity contribution >= 4 is 16.9 Å². The molecule has 1 atom stereocenters. The van der Waals surface area contributed by atoms with Crippen molar-refractivity contribution in [2.24, 2.45) is 10.7 Å². The monoisotopic (exact) mass is 228 g/mol. The SMILES string of the molecule is COCCCCCC1=CSC(N)=NC1C. The van der Waals surface area contributed by atoms with Gasteiger partial charge in [-0.1, -0.05) is 18.2 Å². The Hall–Kier alpha value is -0.480. The molecule has 0 aromatic rings. The van der Waals surface area contributed by atoms with Crippen molar-refractivity contribution in [3.8, 4) is 0 Å². The lowest BCUT2D eigenvalue weighted by Gasteiger charge is -2.16. The van der Waals surface area contributed by atoms with Gasteiger partial charge in [0.1, 0.15) is 0 Å². The molecule has 1 rings (SSSR count). The molecule has 3 nitrogen and oxygen atoms in total. The zero-order valence-corrected chi connectivity index (χ0v) is 10.3. The first-order valence-electron chi connectivity index (χ1n) is 5.42. The van der Waals surface area contributed by atoms with Gasteiger partial charge in [-0.2, -0.15) is 0 Å². The van der Waals surface area contributed by atoms with E-state index >= 15 is 0 Å². The van der Waals surface area contributed by atoms with Crippen molar-refractivity contribution < 1.29 is 4.74 Å². The highest BCUT2D eigenvalue weighted by molar-refractivity contribution is 8.16. The van der Waals surface area contributed by atoms with E-state index in [1.165, 1.54) is 30.2 Å². The number of hydrogen-bond acceptors (Lipinski definition) is 4. The first-order chi connectivity index (χ1) is 7.24. The number of nitrogens with zero attached hydrogens (tertiary/aromatic N) is 1. The molecule has 1 aliphatic heterocycles. The molecule has 86 valence electrons. The fourth-order valence-electron chi connectivity index (χ4n) is 1.56. The topological polar surface area (TPSA) is 47.6 Å². The summed E-state index contributed by atoms with van der Waals surface area (Å²) in [7, 11) is 1.75. The second-order valence-corrected chi connectivity index (χ2v) is 4.65. The molecule has 0 radical (unpaired) electrons. The highest BCUT2D eigenvalue weighted by Crippen LogP contribution is 2.24. The quantitative estimate of drug-likeness (QED) is 0.711. The number of amidine groups is 1. The first kappa shape index (κ1) is 12.6. The summed E-state index contributed by atoms with van der Waals surface area (Å²) >= 11 is 1.54. The van der Waals surface area contributed by atoms with Crippen LogP contribution in [0.4, 0.5) is 0 Å². The van der Waals surface area contributed by atoms with Crippen molar-refractivity contribution in [1.29, 1.82) is 0 Å². The van der Waals surface area contributed by atoms with Gasteiger partial charge < -0.3 is 10.5 Å². The summed E-state index contributed by atoms with van der Waals surface area (Å²) in [5, 5.41) is 2.84. The van der Waals surface area contributed by atoms with Crippen LogP contribution in [0.25, 0.3) is 0 Å². The second-order valence-electron chi connectivity index (χ2n) is 3.76. The van der Waals surface area contributed by atoms with Crippen LogP contribution < -0.4 is 5.73 Å². The summed E-state index contributed by atoms with van der Waals surface area (Å²) in [6, 6.07) is 0.272. The minimum absolute atomic E-state index is 0.272. The Morgan fingerprint density at radius 1 is 1.47 bits per heavy atom. The van der Waals surface area contributed by atoms with Gasteiger partial charge in [-0.25, -0.2) is 0 Å². The minimum Gasteiger partial charge on any atom is -0.385 e. The van der Waals surface area contributed by atoms with Gasteiger partial charge in [-0.15, -0.1) is 0 Å². The van der Waals surface area contributed by atoms with E-state index in [9.17, 15) is 0 Å². The van der Waals surface area contributed by atoms with E-state index < -0.39 is 0 Å². The van der Waals surface area contributed by atoms with E-state index in [-0.39, 0.29) is 6.04 Å². The maximum atomic E-state index is 5.63. The highest BCUT2D eigenvalue weighted by atomic mass is 32.2. The van der Waals surface area contributed by atoms with Crippen molar-refractivity contribution in [3.05, 3.63) is 11.0 Å². The molecule has 0 aliphatic carbocycles. The van der Waals surface area contributed by atoms with E-state index in [0.717, 1.165) is 19.4 Å². The van der Waals surface area contributed by atoms with Crippen LogP contribution in [0.1, 0.15) is 32.6 Å². The van der Waals surface area contributed by atoms with Gasteiger partial charge in [0.15, 0.2) is 5.17 Å². The lowest BCUT2D eigenvalue weighted by molar-refractivity contribution is 0.192. The summed E-state index contributed by atoms with van der Waals surface area (Å²) in [6.07, 6.45) is 4.72. The van der Waals surface area contributed by atoms with E-state index in [0.29, 0.717) is 5.17 Å². The first-order valence-corrected chi connectivity index (χ1v) is 6.30. The maximum Gasteiger partial charge on any atom is 0.158 e. The fraction of sp³-hybridized carbons (Fsp3) is 0.727. The van der Waals surface area contributed by atoms with Crippen LogP contribution in [0.3, 0.4) is 0 Å². The average Bonchev–Trinajstić information content (AvgIpc) is 2.20. The van der Waals surface area contributed by atoms with E-state index in [1.807, 2.05) is 0 Å². The standard InChI is InChI=1S/C11H20N2OS/c1-9-10(8-15-11(12)13-9)6-4-3-5-7-14-2/h8-9H,3-7H2,1-2H3,(H2,12,13). The molecule has 0 saturated carbocycles. The van der Waals surface area contributed by atoms with Crippen molar-refractivity contribution in [1.82, 2.24) is 0 Å². The van der Waals surface area contributed by atoms with E-state index in [2.05, 4.69) is 17.3 Å². The third kappa shape index (κ3) is 4.71. The smallest absolute Gasteiger partial charge is 0.158 e. The Balaban J connectivity index is 2.17. The molecule has 1 heterocycles. The lowest BCUT2D eigenvalue weighted by Crippen LogP contribution is -2.16. The summed E-state index contributed by atoms with van der Waals surface area (Å²) < 4.78 is 5.01. The Morgan fingerprint density at radius 3 is 2.93 bits per heavy atom. The van der Waals surface area contributed by atoms with Crippen molar-refractivity contribution in [2.75, 3.05) is 13.7 Å². The van der Waals surface area contributed by atoms with Gasteiger partial charge in [0.2, 0.25) is 0 Å². The van der Waals surface area contributed by atoms with Gasteiger partial charge in [0.05, 0.1) is 6.04 Å². The number of rotatable bonds is 6. The summed E-state index contributed by atoms with van der Waals surface area (Å²) in [5.41, 5.74) is 7.04. The van der Waals surface area contributed by atoms with Crippen LogP contribution in [0, 0.1) is 0 Å². The minimum atomic E-state index is 0.272. The largest absolute Gasteiger partial charge is 0.385 e. The number of aliphatic imine (C=N–C) groups is 1. The Bertz CT molecular complexity index is 251. The van der Waals surface area contributed by atoms with Gasteiger partial charge >= 0.3 is 0 Å². The molecule has 0 amide bonds. The van der Waals surface area contributed by atoms with Crippen LogP contribution in [0.15, 0.2) is 16.0 Å². The average molecular weight is 228 g/mol. The fourth-order valence-corrected chi connectivity index (χ4v) is 2.36. The van der Waals surface area contributed by atoms with Gasteiger partial charge in [-0.3, -0.25) is 4.99 Å². The van der Waals surface area contributed by atoms with Crippen molar-refractivity contribution in [3.63, 3.8) is 0 Å². The second kappa shape index (κ2) is 6.90. The molecule has 0 aromatic carbocycles. The molecular weight excluding hydrogens is 208 g/mol. The molecule has 0 spiro atoms. The molecule has 2 N–H and O–H groups in total. The van der Waals surface area contributed by atoms with Crippen LogP contribution in [0.2, 0.25) is 0 Å². The van der Waals surface area contributed by atoms with Crippen LogP contribution in [0.5, 0.6) is 0 Å². The Labute approximate surface area is 96.2 Å². The molecule has 1 aliphatic rings. The predicted molar refractivity (Wildman–Crippen MR) is 67.1 cm³/mol.